The molecule has 7 nitrogen and oxygen atoms in total. The van der Waals surface area contributed by atoms with Crippen LogP contribution < -0.4 is 15.4 Å². The molecule has 2 amide bonds. The molecule has 0 radical (unpaired) electrons. The maximum atomic E-state index is 13.1. The van der Waals surface area contributed by atoms with Crippen molar-refractivity contribution in [3.63, 3.8) is 0 Å². The number of esters is 1. The van der Waals surface area contributed by atoms with Gasteiger partial charge in [-0.15, -0.1) is 0 Å². The number of hydrogen-bond donors (Lipinski definition) is 2. The lowest BCUT2D eigenvalue weighted by atomic mass is 9.85. The van der Waals surface area contributed by atoms with Crippen LogP contribution in [0.15, 0.2) is 24.3 Å². The largest absolute Gasteiger partial charge is 0.494 e. The lowest BCUT2D eigenvalue weighted by molar-refractivity contribution is -0.157. The summed E-state index contributed by atoms with van der Waals surface area (Å²) in [5.74, 6) is -0.975. The third-order valence-electron chi connectivity index (χ3n) is 4.88. The molecule has 0 heterocycles. The van der Waals surface area contributed by atoms with Crippen molar-refractivity contribution in [2.45, 2.75) is 78.9 Å². The van der Waals surface area contributed by atoms with Crippen LogP contribution in [0.1, 0.15) is 67.2 Å². The van der Waals surface area contributed by atoms with Crippen LogP contribution in [-0.2, 0) is 19.1 Å². The van der Waals surface area contributed by atoms with Crippen molar-refractivity contribution in [1.29, 1.82) is 0 Å². The fourth-order valence-electron chi connectivity index (χ4n) is 3.23. The summed E-state index contributed by atoms with van der Waals surface area (Å²) in [5.41, 5.74) is -1.13. The molecule has 186 valence electrons. The van der Waals surface area contributed by atoms with Crippen molar-refractivity contribution in [3.8, 4) is 5.75 Å². The van der Waals surface area contributed by atoms with Gasteiger partial charge in [0.15, 0.2) is 0 Å². The van der Waals surface area contributed by atoms with E-state index in [1.807, 2.05) is 32.9 Å². The number of carbonyl (C=O) groups is 3. The molecule has 0 bridgehead atoms. The number of likely N-dealkylation sites (N-methyl/N-ethyl adjacent to an activating group) is 1. The molecule has 0 aromatic heterocycles. The van der Waals surface area contributed by atoms with Gasteiger partial charge in [0.25, 0.3) is 0 Å². The third kappa shape index (κ3) is 11.4. The lowest BCUT2D eigenvalue weighted by Gasteiger charge is -2.31. The Kier molecular flexibility index (Phi) is 11.2. The molecule has 0 saturated carbocycles. The normalized spacial score (nSPS) is 13.6. The van der Waals surface area contributed by atoms with Crippen molar-refractivity contribution in [2.24, 2.45) is 11.3 Å². The van der Waals surface area contributed by atoms with Gasteiger partial charge in [-0.05, 0) is 63.6 Å². The zero-order chi connectivity index (χ0) is 25.2. The average Bonchev–Trinajstić information content (AvgIpc) is 2.68. The Bertz CT molecular complexity index is 799. The molecule has 1 aromatic carbocycles. The third-order valence-corrected chi connectivity index (χ3v) is 5.11. The van der Waals surface area contributed by atoms with Crippen LogP contribution in [0.2, 0.25) is 5.02 Å². The van der Waals surface area contributed by atoms with Crippen LogP contribution in [0, 0.1) is 11.3 Å². The van der Waals surface area contributed by atoms with Gasteiger partial charge in [0.1, 0.15) is 17.4 Å². The zero-order valence-electron chi connectivity index (χ0n) is 20.9. The van der Waals surface area contributed by atoms with E-state index >= 15 is 0 Å². The number of halogens is 1. The number of nitrogens with one attached hydrogen (secondary N) is 2. The van der Waals surface area contributed by atoms with E-state index in [1.165, 1.54) is 7.05 Å². The van der Waals surface area contributed by atoms with Crippen LogP contribution in [0.5, 0.6) is 5.75 Å². The lowest BCUT2D eigenvalue weighted by Crippen LogP contribution is -2.54. The van der Waals surface area contributed by atoms with Crippen LogP contribution in [-0.4, -0.2) is 43.1 Å². The van der Waals surface area contributed by atoms with E-state index in [9.17, 15) is 14.4 Å². The molecule has 0 aliphatic carbocycles. The van der Waals surface area contributed by atoms with Gasteiger partial charge in [-0.1, -0.05) is 38.4 Å². The number of hydrogen-bond acceptors (Lipinski definition) is 5. The summed E-state index contributed by atoms with van der Waals surface area (Å²) in [5, 5.41) is 6.04. The molecule has 0 unspecified atom stereocenters. The summed E-state index contributed by atoms with van der Waals surface area (Å²) in [7, 11) is 1.53. The number of unbranched alkanes of at least 4 members (excludes halogenated alkanes) is 1. The second-order valence-electron chi connectivity index (χ2n) is 10.2. The van der Waals surface area contributed by atoms with E-state index in [0.29, 0.717) is 36.6 Å². The standard InChI is InChI=1S/C25H39ClN2O5/c1-24(2,3)21(23(31)27-7)28-22(30)17(15-20(29)33-25(4,5)6)11-8-9-14-32-19-13-10-12-18(26)16-19/h10,12-13,16-17,21H,8-9,11,14-15H2,1-7H3,(H,27,31)(H,28,30)/t17-,21-/m1/s1. The van der Waals surface area contributed by atoms with Gasteiger partial charge < -0.3 is 20.1 Å². The van der Waals surface area contributed by atoms with E-state index in [0.717, 1.165) is 0 Å². The van der Waals surface area contributed by atoms with Gasteiger partial charge in [0.05, 0.1) is 13.0 Å². The Morgan fingerprint density at radius 3 is 2.24 bits per heavy atom. The second-order valence-corrected chi connectivity index (χ2v) is 10.6. The maximum Gasteiger partial charge on any atom is 0.307 e. The van der Waals surface area contributed by atoms with Crippen molar-refractivity contribution < 1.29 is 23.9 Å². The minimum atomic E-state index is -0.720. The maximum absolute atomic E-state index is 13.1. The van der Waals surface area contributed by atoms with E-state index in [4.69, 9.17) is 21.1 Å². The zero-order valence-corrected chi connectivity index (χ0v) is 21.7. The van der Waals surface area contributed by atoms with Crippen LogP contribution in [0.4, 0.5) is 0 Å². The fourth-order valence-corrected chi connectivity index (χ4v) is 3.41. The van der Waals surface area contributed by atoms with Gasteiger partial charge >= 0.3 is 5.97 Å². The Morgan fingerprint density at radius 2 is 1.70 bits per heavy atom. The van der Waals surface area contributed by atoms with E-state index in [1.54, 1.807) is 32.9 Å². The summed E-state index contributed by atoms with van der Waals surface area (Å²) in [6.07, 6.45) is 1.78. The molecule has 0 saturated heterocycles. The Balaban J connectivity index is 2.77. The number of ether oxygens (including phenoxy) is 2. The van der Waals surface area contributed by atoms with Gasteiger partial charge in [0.2, 0.25) is 11.8 Å². The first-order valence-electron chi connectivity index (χ1n) is 11.3. The van der Waals surface area contributed by atoms with Crippen molar-refractivity contribution >= 4 is 29.4 Å². The van der Waals surface area contributed by atoms with Crippen LogP contribution in [0.3, 0.4) is 0 Å². The van der Waals surface area contributed by atoms with Crippen LogP contribution in [0.25, 0.3) is 0 Å². The number of rotatable bonds is 11. The molecule has 2 atom stereocenters. The van der Waals surface area contributed by atoms with Gasteiger partial charge in [-0.2, -0.15) is 0 Å². The highest BCUT2D eigenvalue weighted by molar-refractivity contribution is 6.30. The summed E-state index contributed by atoms with van der Waals surface area (Å²) in [6, 6.07) is 6.44. The summed E-state index contributed by atoms with van der Waals surface area (Å²) in [6.45, 7) is 11.5. The first-order chi connectivity index (χ1) is 15.2. The summed E-state index contributed by atoms with van der Waals surface area (Å²) in [4.78, 5) is 37.9. The van der Waals surface area contributed by atoms with Gasteiger partial charge in [-0.3, -0.25) is 14.4 Å². The second kappa shape index (κ2) is 12.8. The number of carbonyl (C=O) groups excluding carboxylic acids is 3. The molecule has 0 fully saturated rings. The van der Waals surface area contributed by atoms with Crippen LogP contribution >= 0.6 is 11.6 Å². The predicted molar refractivity (Wildman–Crippen MR) is 130 cm³/mol. The molecule has 0 spiro atoms. The first-order valence-corrected chi connectivity index (χ1v) is 11.7. The number of amides is 2. The van der Waals surface area contributed by atoms with Crippen molar-refractivity contribution in [3.05, 3.63) is 29.3 Å². The smallest absolute Gasteiger partial charge is 0.307 e. The summed E-state index contributed by atoms with van der Waals surface area (Å²) >= 11 is 5.96. The Hall–Kier alpha value is -2.28. The minimum Gasteiger partial charge on any atom is -0.494 e. The average molecular weight is 483 g/mol. The van der Waals surface area contributed by atoms with E-state index in [2.05, 4.69) is 10.6 Å². The highest BCUT2D eigenvalue weighted by atomic mass is 35.5. The molecule has 0 aliphatic rings. The molecule has 1 aromatic rings. The highest BCUT2D eigenvalue weighted by Gasteiger charge is 2.34. The Labute approximate surface area is 202 Å². The highest BCUT2D eigenvalue weighted by Crippen LogP contribution is 2.23. The predicted octanol–water partition coefficient (Wildman–Crippen LogP) is 4.51. The molecular formula is C25H39ClN2O5. The van der Waals surface area contributed by atoms with E-state index < -0.39 is 28.9 Å². The summed E-state index contributed by atoms with van der Waals surface area (Å²) < 4.78 is 11.1. The molecule has 33 heavy (non-hydrogen) atoms. The van der Waals surface area contributed by atoms with Gasteiger partial charge in [-0.25, -0.2) is 0 Å². The molecule has 0 aliphatic heterocycles. The molecule has 1 rings (SSSR count). The van der Waals surface area contributed by atoms with Gasteiger partial charge in [0, 0.05) is 18.0 Å². The molecule has 8 heteroatoms. The first kappa shape index (κ1) is 28.8. The van der Waals surface area contributed by atoms with Crippen molar-refractivity contribution in [2.75, 3.05) is 13.7 Å². The molecular weight excluding hydrogens is 444 g/mol. The Morgan fingerprint density at radius 1 is 1.03 bits per heavy atom. The number of benzene rings is 1. The fraction of sp³-hybridized carbons (Fsp3) is 0.640. The van der Waals surface area contributed by atoms with Crippen molar-refractivity contribution in [1.82, 2.24) is 10.6 Å². The topological polar surface area (TPSA) is 93.7 Å². The quantitative estimate of drug-likeness (QED) is 0.357. The monoisotopic (exact) mass is 482 g/mol. The molecule has 2 N–H and O–H groups in total. The SMILES string of the molecule is CNC(=O)[C@@H](NC(=O)[C@H](CCCCOc1cccc(Cl)c1)CC(=O)OC(C)(C)C)C(C)(C)C. The van der Waals surface area contributed by atoms with E-state index in [-0.39, 0.29) is 18.2 Å². The minimum absolute atomic E-state index is 0.0527.